The lowest BCUT2D eigenvalue weighted by atomic mass is 9.98. The van der Waals surface area contributed by atoms with E-state index in [1.54, 1.807) is 0 Å². The third kappa shape index (κ3) is 3.93. The van der Waals surface area contributed by atoms with E-state index in [4.69, 9.17) is 0 Å². The summed E-state index contributed by atoms with van der Waals surface area (Å²) < 4.78 is 0. The molecule has 0 spiro atoms. The summed E-state index contributed by atoms with van der Waals surface area (Å²) in [6.07, 6.45) is 1.31. The van der Waals surface area contributed by atoms with Crippen molar-refractivity contribution in [3.8, 4) is 0 Å². The van der Waals surface area contributed by atoms with E-state index in [0.29, 0.717) is 0 Å². The average Bonchev–Trinajstić information content (AvgIpc) is 2.35. The average molecular weight is 254 g/mol. The lowest BCUT2D eigenvalue weighted by Crippen LogP contribution is -2.01. The van der Waals surface area contributed by atoms with Gasteiger partial charge in [-0.15, -0.1) is 0 Å². The maximum atomic E-state index is 10.3. The Morgan fingerprint density at radius 2 is 1.58 bits per heavy atom. The molecule has 0 radical (unpaired) electrons. The zero-order valence-electron chi connectivity index (χ0n) is 12.0. The van der Waals surface area contributed by atoms with Gasteiger partial charge in [-0.3, -0.25) is 0 Å². The topological polar surface area (TPSA) is 20.2 Å². The third-order valence-corrected chi connectivity index (χ3v) is 3.42. The molecule has 19 heavy (non-hydrogen) atoms. The van der Waals surface area contributed by atoms with Crippen LogP contribution >= 0.6 is 0 Å². The maximum Gasteiger partial charge on any atom is 0.0793 e. The van der Waals surface area contributed by atoms with Crippen LogP contribution in [0.2, 0.25) is 0 Å². The van der Waals surface area contributed by atoms with Crippen LogP contribution in [0.15, 0.2) is 42.5 Å². The molecule has 2 rings (SSSR count). The fourth-order valence-electron chi connectivity index (χ4n) is 2.54. The van der Waals surface area contributed by atoms with E-state index in [0.717, 1.165) is 18.4 Å². The van der Waals surface area contributed by atoms with Crippen molar-refractivity contribution in [1.82, 2.24) is 0 Å². The number of aryl methyl sites for hydroxylation is 4. The van der Waals surface area contributed by atoms with E-state index in [1.165, 1.54) is 22.3 Å². The zero-order valence-corrected chi connectivity index (χ0v) is 12.0. The summed E-state index contributed by atoms with van der Waals surface area (Å²) in [6, 6.07) is 14.8. The molecule has 0 aliphatic carbocycles. The highest BCUT2D eigenvalue weighted by Gasteiger charge is 2.08. The number of aliphatic hydroxyl groups excluding tert-OH is 1. The van der Waals surface area contributed by atoms with Gasteiger partial charge in [0.25, 0.3) is 0 Å². The quantitative estimate of drug-likeness (QED) is 0.863. The van der Waals surface area contributed by atoms with Gasteiger partial charge in [0.1, 0.15) is 0 Å². The largest absolute Gasteiger partial charge is 0.388 e. The molecule has 1 nitrogen and oxygen atoms in total. The highest BCUT2D eigenvalue weighted by Crippen LogP contribution is 2.21. The summed E-state index contributed by atoms with van der Waals surface area (Å²) in [5.41, 5.74) is 6.03. The Balaban J connectivity index is 2.03. The summed E-state index contributed by atoms with van der Waals surface area (Å²) in [5.74, 6) is 0. The molecule has 1 N–H and O–H groups in total. The first-order valence-corrected chi connectivity index (χ1v) is 6.86. The van der Waals surface area contributed by atoms with Gasteiger partial charge < -0.3 is 5.11 Å². The van der Waals surface area contributed by atoms with Crippen LogP contribution in [0, 0.1) is 20.8 Å². The van der Waals surface area contributed by atoms with E-state index in [2.05, 4.69) is 63.2 Å². The highest BCUT2D eigenvalue weighted by atomic mass is 16.3. The Morgan fingerprint density at radius 3 is 2.21 bits per heavy atom. The Labute approximate surface area is 115 Å². The molecular weight excluding hydrogens is 232 g/mol. The minimum absolute atomic E-state index is 0.376. The van der Waals surface area contributed by atoms with Gasteiger partial charge in [0, 0.05) is 0 Å². The molecule has 1 unspecified atom stereocenters. The molecular formula is C18H22O. The van der Waals surface area contributed by atoms with E-state index >= 15 is 0 Å². The van der Waals surface area contributed by atoms with Crippen LogP contribution < -0.4 is 0 Å². The summed E-state index contributed by atoms with van der Waals surface area (Å²) in [4.78, 5) is 0. The van der Waals surface area contributed by atoms with Crippen LogP contribution in [0.5, 0.6) is 0 Å². The Hall–Kier alpha value is -1.60. The third-order valence-electron chi connectivity index (χ3n) is 3.42. The molecule has 0 saturated carbocycles. The van der Waals surface area contributed by atoms with Gasteiger partial charge in [-0.2, -0.15) is 0 Å². The monoisotopic (exact) mass is 254 g/mol. The number of benzene rings is 2. The van der Waals surface area contributed by atoms with Gasteiger partial charge in [-0.25, -0.2) is 0 Å². The van der Waals surface area contributed by atoms with Crippen molar-refractivity contribution in [1.29, 1.82) is 0 Å². The van der Waals surface area contributed by atoms with Crippen LogP contribution in [-0.4, -0.2) is 5.11 Å². The molecule has 0 bridgehead atoms. The van der Waals surface area contributed by atoms with Crippen LogP contribution in [0.3, 0.4) is 0 Å². The number of hydrogen-bond donors (Lipinski definition) is 1. The molecule has 0 aliphatic heterocycles. The predicted molar refractivity (Wildman–Crippen MR) is 80.4 cm³/mol. The normalized spacial score (nSPS) is 12.4. The first kappa shape index (κ1) is 13.8. The van der Waals surface area contributed by atoms with Crippen LogP contribution in [-0.2, 0) is 6.42 Å². The summed E-state index contributed by atoms with van der Waals surface area (Å²) in [7, 11) is 0. The molecule has 0 aliphatic rings. The first-order valence-electron chi connectivity index (χ1n) is 6.86. The molecule has 0 amide bonds. The second-order valence-corrected chi connectivity index (χ2v) is 5.46. The molecule has 1 heteroatoms. The van der Waals surface area contributed by atoms with Crippen LogP contribution in [0.4, 0.5) is 0 Å². The standard InChI is InChI=1S/C18H22O/c1-13-5-4-6-16(10-13)7-8-18(19)17-11-14(2)9-15(3)12-17/h4-6,9-12,18-19H,7-8H2,1-3H3. The Morgan fingerprint density at radius 1 is 0.895 bits per heavy atom. The number of aliphatic hydroxyl groups is 1. The summed E-state index contributed by atoms with van der Waals surface area (Å²) in [6.45, 7) is 6.25. The van der Waals surface area contributed by atoms with E-state index in [-0.39, 0.29) is 6.10 Å². The van der Waals surface area contributed by atoms with Crippen molar-refractivity contribution in [2.45, 2.75) is 39.7 Å². The highest BCUT2D eigenvalue weighted by molar-refractivity contribution is 5.30. The Bertz CT molecular complexity index is 537. The second kappa shape index (κ2) is 6.03. The fraction of sp³-hybridized carbons (Fsp3) is 0.333. The minimum atomic E-state index is -0.376. The van der Waals surface area contributed by atoms with Gasteiger partial charge in [0.15, 0.2) is 0 Å². The van der Waals surface area contributed by atoms with Crippen molar-refractivity contribution in [3.05, 3.63) is 70.3 Å². The van der Waals surface area contributed by atoms with E-state index < -0.39 is 0 Å². The molecule has 0 aromatic heterocycles. The number of rotatable bonds is 4. The van der Waals surface area contributed by atoms with E-state index in [1.807, 2.05) is 0 Å². The maximum absolute atomic E-state index is 10.3. The van der Waals surface area contributed by atoms with Crippen molar-refractivity contribution in [2.75, 3.05) is 0 Å². The van der Waals surface area contributed by atoms with Crippen molar-refractivity contribution >= 4 is 0 Å². The van der Waals surface area contributed by atoms with Gasteiger partial charge in [-0.1, -0.05) is 59.2 Å². The molecule has 2 aromatic carbocycles. The molecule has 2 aromatic rings. The molecule has 0 heterocycles. The second-order valence-electron chi connectivity index (χ2n) is 5.46. The van der Waals surface area contributed by atoms with Crippen LogP contribution in [0.25, 0.3) is 0 Å². The number of hydrogen-bond acceptors (Lipinski definition) is 1. The molecule has 0 saturated heterocycles. The minimum Gasteiger partial charge on any atom is -0.388 e. The summed E-state index contributed by atoms with van der Waals surface area (Å²) >= 11 is 0. The SMILES string of the molecule is Cc1cccc(CCC(O)c2cc(C)cc(C)c2)c1. The first-order chi connectivity index (χ1) is 9.04. The molecule has 100 valence electrons. The fourth-order valence-corrected chi connectivity index (χ4v) is 2.54. The van der Waals surface area contributed by atoms with Crippen molar-refractivity contribution < 1.29 is 5.11 Å². The van der Waals surface area contributed by atoms with Gasteiger partial charge in [-0.05, 0) is 44.7 Å². The zero-order chi connectivity index (χ0) is 13.8. The lowest BCUT2D eigenvalue weighted by molar-refractivity contribution is 0.167. The lowest BCUT2D eigenvalue weighted by Gasteiger charge is -2.13. The van der Waals surface area contributed by atoms with Gasteiger partial charge in [0.05, 0.1) is 6.10 Å². The molecule has 0 fully saturated rings. The smallest absolute Gasteiger partial charge is 0.0793 e. The van der Waals surface area contributed by atoms with Gasteiger partial charge in [0.2, 0.25) is 0 Å². The summed E-state index contributed by atoms with van der Waals surface area (Å²) in [5, 5.41) is 10.3. The van der Waals surface area contributed by atoms with Crippen LogP contribution in [0.1, 0.15) is 40.3 Å². The Kier molecular flexibility index (Phi) is 4.39. The molecule has 1 atom stereocenters. The van der Waals surface area contributed by atoms with E-state index in [9.17, 15) is 5.11 Å². The van der Waals surface area contributed by atoms with Crippen molar-refractivity contribution in [2.24, 2.45) is 0 Å². The van der Waals surface area contributed by atoms with Gasteiger partial charge >= 0.3 is 0 Å². The predicted octanol–water partition coefficient (Wildman–Crippen LogP) is 4.28. The van der Waals surface area contributed by atoms with Crippen molar-refractivity contribution in [3.63, 3.8) is 0 Å².